The molecule has 1 fully saturated rings. The molecule has 1 amide bonds. The summed E-state index contributed by atoms with van der Waals surface area (Å²) >= 11 is 5.99. The van der Waals surface area contributed by atoms with Crippen molar-refractivity contribution in [3.8, 4) is 0 Å². The molecule has 2 aromatic heterocycles. The van der Waals surface area contributed by atoms with Crippen LogP contribution in [-0.4, -0.2) is 33.2 Å². The highest BCUT2D eigenvalue weighted by atomic mass is 35.5. The molecule has 1 saturated heterocycles. The average molecular weight is 337 g/mol. The number of imidazole rings is 1. The normalized spacial score (nSPS) is 17.2. The van der Waals surface area contributed by atoms with E-state index in [1.165, 1.54) is 0 Å². The number of nitrogens with zero attached hydrogens (tertiary/aromatic N) is 3. The van der Waals surface area contributed by atoms with Gasteiger partial charge in [-0.05, 0) is 24.8 Å². The van der Waals surface area contributed by atoms with E-state index in [0.29, 0.717) is 16.6 Å². The zero-order valence-electron chi connectivity index (χ0n) is 13.3. The quantitative estimate of drug-likeness (QED) is 0.932. The Kier molecular flexibility index (Phi) is 4.73. The van der Waals surface area contributed by atoms with Crippen LogP contribution in [0.15, 0.2) is 24.7 Å². The third kappa shape index (κ3) is 3.43. The van der Waals surface area contributed by atoms with Gasteiger partial charge in [0.05, 0.1) is 11.1 Å². The van der Waals surface area contributed by atoms with Crippen molar-refractivity contribution in [3.63, 3.8) is 0 Å². The fourth-order valence-corrected chi connectivity index (χ4v) is 3.33. The molecule has 0 radical (unpaired) electrons. The predicted molar refractivity (Wildman–Crippen MR) is 87.4 cm³/mol. The maximum absolute atomic E-state index is 12.7. The highest BCUT2D eigenvalue weighted by molar-refractivity contribution is 6.31. The number of carbonyl (C=O) groups excluding carboxylic acids is 1. The maximum Gasteiger partial charge on any atom is 0.268 e. The van der Waals surface area contributed by atoms with Gasteiger partial charge < -0.3 is 19.2 Å². The number of ether oxygens (including phenoxy) is 1. The molecule has 7 heteroatoms. The molecule has 124 valence electrons. The first kappa shape index (κ1) is 16.1. The summed E-state index contributed by atoms with van der Waals surface area (Å²) in [5, 5.41) is 3.70. The van der Waals surface area contributed by atoms with Crippen LogP contribution in [0.1, 0.15) is 35.2 Å². The van der Waals surface area contributed by atoms with Gasteiger partial charge in [-0.3, -0.25) is 4.79 Å². The minimum absolute atomic E-state index is 0.139. The Morgan fingerprint density at radius 1 is 1.39 bits per heavy atom. The summed E-state index contributed by atoms with van der Waals surface area (Å²) in [6.07, 6.45) is 7.19. The topological polar surface area (TPSA) is 61.1 Å². The fraction of sp³-hybridized carbons (Fsp3) is 0.500. The van der Waals surface area contributed by atoms with Crippen LogP contribution in [0, 0.1) is 5.92 Å². The van der Waals surface area contributed by atoms with Gasteiger partial charge in [0.15, 0.2) is 0 Å². The molecule has 1 N–H and O–H groups in total. The van der Waals surface area contributed by atoms with E-state index < -0.39 is 0 Å². The summed E-state index contributed by atoms with van der Waals surface area (Å²) < 4.78 is 9.14. The Hall–Kier alpha value is -1.79. The summed E-state index contributed by atoms with van der Waals surface area (Å²) in [5.74, 6) is 1.04. The molecule has 0 saturated carbocycles. The van der Waals surface area contributed by atoms with Crippen LogP contribution in [0.25, 0.3) is 0 Å². The average Bonchev–Trinajstić information content (AvgIpc) is 3.11. The molecule has 0 bridgehead atoms. The van der Waals surface area contributed by atoms with Crippen molar-refractivity contribution in [2.24, 2.45) is 20.0 Å². The number of hydrogen-bond donors (Lipinski definition) is 1. The minimum atomic E-state index is -0.140. The van der Waals surface area contributed by atoms with Crippen molar-refractivity contribution in [3.05, 3.63) is 41.2 Å². The first-order chi connectivity index (χ1) is 11.1. The second kappa shape index (κ2) is 6.76. The molecular weight excluding hydrogens is 316 g/mol. The molecule has 0 unspecified atom stereocenters. The molecule has 23 heavy (non-hydrogen) atoms. The lowest BCUT2D eigenvalue weighted by molar-refractivity contribution is 0.0498. The number of hydrogen-bond acceptors (Lipinski definition) is 3. The van der Waals surface area contributed by atoms with Gasteiger partial charge in [-0.2, -0.15) is 0 Å². The maximum atomic E-state index is 12.7. The summed E-state index contributed by atoms with van der Waals surface area (Å²) in [4.78, 5) is 17.1. The summed E-state index contributed by atoms with van der Waals surface area (Å²) in [7, 11) is 3.76. The third-order valence-electron chi connectivity index (χ3n) is 4.36. The van der Waals surface area contributed by atoms with E-state index in [-0.39, 0.29) is 11.9 Å². The highest BCUT2D eigenvalue weighted by Crippen LogP contribution is 2.29. The number of amides is 1. The molecule has 1 aliphatic heterocycles. The highest BCUT2D eigenvalue weighted by Gasteiger charge is 2.30. The number of nitrogens with one attached hydrogen (secondary N) is 1. The van der Waals surface area contributed by atoms with E-state index in [1.807, 2.05) is 24.9 Å². The third-order valence-corrected chi connectivity index (χ3v) is 4.57. The first-order valence-corrected chi connectivity index (χ1v) is 8.11. The number of carbonyl (C=O) groups is 1. The molecule has 6 nitrogen and oxygen atoms in total. The molecule has 2 aromatic rings. The molecular formula is C16H21ClN4O2. The summed E-state index contributed by atoms with van der Waals surface area (Å²) in [6.45, 7) is 1.44. The van der Waals surface area contributed by atoms with Crippen LogP contribution in [0.2, 0.25) is 5.02 Å². The van der Waals surface area contributed by atoms with E-state index in [9.17, 15) is 4.79 Å². The van der Waals surface area contributed by atoms with Gasteiger partial charge in [0.2, 0.25) is 0 Å². The number of aromatic nitrogens is 3. The fourth-order valence-electron chi connectivity index (χ4n) is 3.08. The Labute approximate surface area is 140 Å². The monoisotopic (exact) mass is 336 g/mol. The smallest absolute Gasteiger partial charge is 0.268 e. The van der Waals surface area contributed by atoms with Crippen molar-refractivity contribution in [2.75, 3.05) is 13.2 Å². The van der Waals surface area contributed by atoms with Gasteiger partial charge in [-0.15, -0.1) is 0 Å². The molecule has 3 rings (SSSR count). The van der Waals surface area contributed by atoms with Crippen LogP contribution in [0.3, 0.4) is 0 Å². The Bertz CT molecular complexity index is 688. The second-order valence-electron chi connectivity index (χ2n) is 5.95. The molecule has 0 spiro atoms. The number of aryl methyl sites for hydroxylation is 2. The van der Waals surface area contributed by atoms with Gasteiger partial charge in [0, 0.05) is 45.9 Å². The minimum Gasteiger partial charge on any atom is -0.381 e. The van der Waals surface area contributed by atoms with Crippen LogP contribution in [0.4, 0.5) is 0 Å². The van der Waals surface area contributed by atoms with Gasteiger partial charge in [0.1, 0.15) is 11.5 Å². The second-order valence-corrected chi connectivity index (χ2v) is 6.39. The van der Waals surface area contributed by atoms with Crippen molar-refractivity contribution in [1.29, 1.82) is 0 Å². The van der Waals surface area contributed by atoms with Gasteiger partial charge in [-0.1, -0.05) is 11.6 Å². The summed E-state index contributed by atoms with van der Waals surface area (Å²) in [5.41, 5.74) is 0.543. The van der Waals surface area contributed by atoms with E-state index in [1.54, 1.807) is 23.0 Å². The van der Waals surface area contributed by atoms with Gasteiger partial charge in [-0.25, -0.2) is 4.98 Å². The lowest BCUT2D eigenvalue weighted by Crippen LogP contribution is -2.38. The largest absolute Gasteiger partial charge is 0.381 e. The van der Waals surface area contributed by atoms with Crippen LogP contribution < -0.4 is 5.32 Å². The Morgan fingerprint density at radius 2 is 2.13 bits per heavy atom. The lowest BCUT2D eigenvalue weighted by atomic mass is 9.91. The molecule has 1 aliphatic rings. The molecule has 0 aliphatic carbocycles. The van der Waals surface area contributed by atoms with Gasteiger partial charge in [0.25, 0.3) is 5.91 Å². The summed E-state index contributed by atoms with van der Waals surface area (Å²) in [6, 6.07) is 1.54. The van der Waals surface area contributed by atoms with Crippen molar-refractivity contribution < 1.29 is 9.53 Å². The van der Waals surface area contributed by atoms with Gasteiger partial charge >= 0.3 is 0 Å². The van der Waals surface area contributed by atoms with Crippen LogP contribution in [-0.2, 0) is 18.8 Å². The Morgan fingerprint density at radius 3 is 2.70 bits per heavy atom. The van der Waals surface area contributed by atoms with Crippen molar-refractivity contribution >= 4 is 17.5 Å². The standard InChI is InChI=1S/C16H21ClN4O2/c1-20-6-5-18-15(20)14(11-3-7-23-8-4-11)19-16(22)13-9-12(17)10-21(13)2/h5-6,9-11,14H,3-4,7-8H2,1-2H3,(H,19,22)/t14-/m1/s1. The van der Waals surface area contributed by atoms with Crippen molar-refractivity contribution in [2.45, 2.75) is 18.9 Å². The molecule has 0 aromatic carbocycles. The SMILES string of the molecule is Cn1cc(Cl)cc1C(=O)N[C@@H](c1nccn1C)C1CCOCC1. The van der Waals surface area contributed by atoms with E-state index in [4.69, 9.17) is 16.3 Å². The van der Waals surface area contributed by atoms with E-state index in [0.717, 1.165) is 31.9 Å². The predicted octanol–water partition coefficient (Wildman–Crippen LogP) is 2.31. The number of rotatable bonds is 4. The zero-order valence-corrected chi connectivity index (χ0v) is 14.1. The molecule has 3 heterocycles. The lowest BCUT2D eigenvalue weighted by Gasteiger charge is -2.30. The van der Waals surface area contributed by atoms with Crippen LogP contribution in [0.5, 0.6) is 0 Å². The van der Waals surface area contributed by atoms with E-state index in [2.05, 4.69) is 10.3 Å². The zero-order chi connectivity index (χ0) is 16.4. The number of halogens is 1. The first-order valence-electron chi connectivity index (χ1n) is 7.74. The Balaban J connectivity index is 1.85. The van der Waals surface area contributed by atoms with E-state index >= 15 is 0 Å². The van der Waals surface area contributed by atoms with Crippen LogP contribution >= 0.6 is 11.6 Å². The van der Waals surface area contributed by atoms with Crippen molar-refractivity contribution in [1.82, 2.24) is 19.4 Å². The molecule has 1 atom stereocenters.